The molecule has 3 nitrogen and oxygen atoms in total. The number of hydrogen-bond acceptors (Lipinski definition) is 2. The second-order valence-corrected chi connectivity index (χ2v) is 6.80. The average Bonchev–Trinajstić information content (AvgIpc) is 3.34. The molecule has 0 aliphatic heterocycles. The highest BCUT2D eigenvalue weighted by Gasteiger charge is 2.52. The van der Waals surface area contributed by atoms with Crippen LogP contribution in [0, 0.1) is 5.82 Å². The van der Waals surface area contributed by atoms with Gasteiger partial charge in [-0.1, -0.05) is 47.5 Å². The van der Waals surface area contributed by atoms with Crippen LogP contribution in [0.2, 0.25) is 10.0 Å². The lowest BCUT2D eigenvalue weighted by molar-refractivity contribution is -0.124. The summed E-state index contributed by atoms with van der Waals surface area (Å²) in [6.07, 6.45) is 0.227. The minimum absolute atomic E-state index is 0.00358. The van der Waals surface area contributed by atoms with E-state index in [2.05, 4.69) is 5.32 Å². The summed E-state index contributed by atoms with van der Waals surface area (Å²) in [5.74, 6) is -0.664. The van der Waals surface area contributed by atoms with E-state index in [0.29, 0.717) is 34.0 Å². The van der Waals surface area contributed by atoms with Crippen molar-refractivity contribution in [3.05, 3.63) is 69.5 Å². The van der Waals surface area contributed by atoms with Gasteiger partial charge in [-0.2, -0.15) is 0 Å². The number of aliphatic hydroxyl groups is 1. The van der Waals surface area contributed by atoms with Gasteiger partial charge in [-0.15, -0.1) is 0 Å². The van der Waals surface area contributed by atoms with E-state index in [1.54, 1.807) is 30.3 Å². The summed E-state index contributed by atoms with van der Waals surface area (Å²) in [6.45, 7) is -0.00358. The first kappa shape index (κ1) is 17.2. The summed E-state index contributed by atoms with van der Waals surface area (Å²) >= 11 is 11.9. The molecule has 1 atom stereocenters. The molecule has 0 heterocycles. The average molecular weight is 368 g/mol. The van der Waals surface area contributed by atoms with Gasteiger partial charge in [-0.05, 0) is 31.0 Å². The second kappa shape index (κ2) is 6.71. The van der Waals surface area contributed by atoms with Crippen LogP contribution in [0.5, 0.6) is 0 Å². The standard InChI is InChI=1S/C18H16Cl2FNO2/c19-11-5-6-12(14(20)9-11)16(23)10-22-17(24)18(7-8-18)13-3-1-2-4-15(13)21/h1-6,9,16,23H,7-8,10H2,(H,22,24)/t16-/m1/s1. The number of hydrogen-bond donors (Lipinski definition) is 2. The summed E-state index contributed by atoms with van der Waals surface area (Å²) in [4.78, 5) is 12.5. The van der Waals surface area contributed by atoms with Gasteiger partial charge in [0, 0.05) is 27.7 Å². The van der Waals surface area contributed by atoms with Crippen molar-refractivity contribution in [1.29, 1.82) is 0 Å². The third kappa shape index (κ3) is 3.27. The van der Waals surface area contributed by atoms with Crippen LogP contribution in [-0.2, 0) is 10.2 Å². The summed E-state index contributed by atoms with van der Waals surface area (Å²) < 4.78 is 14.0. The SMILES string of the molecule is O=C(NC[C@@H](O)c1ccc(Cl)cc1Cl)C1(c2ccccc2F)CC1. The lowest BCUT2D eigenvalue weighted by Crippen LogP contribution is -2.37. The maximum absolute atomic E-state index is 14.0. The molecule has 1 fully saturated rings. The van der Waals surface area contributed by atoms with Gasteiger partial charge in [0.1, 0.15) is 5.82 Å². The Morgan fingerprint density at radius 1 is 1.25 bits per heavy atom. The number of aliphatic hydroxyl groups excluding tert-OH is 1. The molecule has 0 saturated heterocycles. The molecule has 0 spiro atoms. The van der Waals surface area contributed by atoms with E-state index in [1.165, 1.54) is 12.1 Å². The third-order valence-electron chi connectivity index (χ3n) is 4.35. The number of carbonyl (C=O) groups is 1. The van der Waals surface area contributed by atoms with E-state index in [0.717, 1.165) is 0 Å². The molecule has 126 valence electrons. The highest BCUT2D eigenvalue weighted by molar-refractivity contribution is 6.35. The second-order valence-electron chi connectivity index (χ2n) is 5.95. The van der Waals surface area contributed by atoms with Crippen LogP contribution in [0.25, 0.3) is 0 Å². The molecular formula is C18H16Cl2FNO2. The molecule has 0 unspecified atom stereocenters. The number of nitrogens with one attached hydrogen (secondary N) is 1. The summed E-state index contributed by atoms with van der Waals surface area (Å²) in [7, 11) is 0. The Labute approximate surface area is 149 Å². The van der Waals surface area contributed by atoms with Crippen LogP contribution in [0.1, 0.15) is 30.1 Å². The van der Waals surface area contributed by atoms with Crippen LogP contribution >= 0.6 is 23.2 Å². The Morgan fingerprint density at radius 2 is 1.96 bits per heavy atom. The minimum Gasteiger partial charge on any atom is -0.387 e. The molecule has 1 amide bonds. The van der Waals surface area contributed by atoms with Gasteiger partial charge in [-0.25, -0.2) is 4.39 Å². The van der Waals surface area contributed by atoms with Gasteiger partial charge in [0.15, 0.2) is 0 Å². The molecule has 0 radical (unpaired) electrons. The first-order valence-corrected chi connectivity index (χ1v) is 8.36. The fourth-order valence-corrected chi connectivity index (χ4v) is 3.37. The van der Waals surface area contributed by atoms with Crippen molar-refractivity contribution in [2.75, 3.05) is 6.54 Å². The van der Waals surface area contributed by atoms with Gasteiger partial charge in [-0.3, -0.25) is 4.79 Å². The lowest BCUT2D eigenvalue weighted by atomic mass is 9.94. The molecule has 1 aliphatic rings. The molecular weight excluding hydrogens is 352 g/mol. The van der Waals surface area contributed by atoms with E-state index in [1.807, 2.05) is 0 Å². The van der Waals surface area contributed by atoms with Crippen LogP contribution < -0.4 is 5.32 Å². The van der Waals surface area contributed by atoms with E-state index < -0.39 is 11.5 Å². The van der Waals surface area contributed by atoms with E-state index in [-0.39, 0.29) is 18.3 Å². The van der Waals surface area contributed by atoms with Gasteiger partial charge >= 0.3 is 0 Å². The van der Waals surface area contributed by atoms with Crippen LogP contribution in [0.3, 0.4) is 0 Å². The Balaban J connectivity index is 1.68. The molecule has 1 saturated carbocycles. The fraction of sp³-hybridized carbons (Fsp3) is 0.278. The number of amides is 1. The zero-order valence-corrected chi connectivity index (χ0v) is 14.2. The smallest absolute Gasteiger partial charge is 0.230 e. The number of halogens is 3. The van der Waals surface area contributed by atoms with Gasteiger partial charge in [0.2, 0.25) is 5.91 Å². The molecule has 2 aromatic rings. The first-order valence-electron chi connectivity index (χ1n) is 7.60. The summed E-state index contributed by atoms with van der Waals surface area (Å²) in [5, 5.41) is 13.7. The first-order chi connectivity index (χ1) is 11.4. The topological polar surface area (TPSA) is 49.3 Å². The van der Waals surface area contributed by atoms with Crippen molar-refractivity contribution in [3.63, 3.8) is 0 Å². The van der Waals surface area contributed by atoms with Gasteiger partial charge in [0.25, 0.3) is 0 Å². The zero-order chi connectivity index (χ0) is 17.3. The zero-order valence-electron chi connectivity index (χ0n) is 12.7. The van der Waals surface area contributed by atoms with Crippen molar-refractivity contribution >= 4 is 29.1 Å². The van der Waals surface area contributed by atoms with E-state index >= 15 is 0 Å². The highest BCUT2D eigenvalue weighted by atomic mass is 35.5. The monoisotopic (exact) mass is 367 g/mol. The Morgan fingerprint density at radius 3 is 2.58 bits per heavy atom. The molecule has 2 N–H and O–H groups in total. The highest BCUT2D eigenvalue weighted by Crippen LogP contribution is 2.49. The molecule has 24 heavy (non-hydrogen) atoms. The largest absolute Gasteiger partial charge is 0.387 e. The number of rotatable bonds is 5. The summed E-state index contributed by atoms with van der Waals surface area (Å²) in [5.41, 5.74) is 0.0631. The third-order valence-corrected chi connectivity index (χ3v) is 4.91. The predicted molar refractivity (Wildman–Crippen MR) is 91.7 cm³/mol. The van der Waals surface area contributed by atoms with Crippen molar-refractivity contribution in [3.8, 4) is 0 Å². The quantitative estimate of drug-likeness (QED) is 0.838. The van der Waals surface area contributed by atoms with Crippen molar-refractivity contribution in [1.82, 2.24) is 5.32 Å². The number of benzene rings is 2. The van der Waals surface area contributed by atoms with E-state index in [9.17, 15) is 14.3 Å². The predicted octanol–water partition coefficient (Wildman–Crippen LogP) is 4.01. The Bertz CT molecular complexity index is 777. The molecule has 0 bridgehead atoms. The maximum Gasteiger partial charge on any atom is 0.230 e. The molecule has 2 aromatic carbocycles. The molecule has 6 heteroatoms. The normalized spacial score (nSPS) is 16.5. The van der Waals surface area contributed by atoms with Crippen molar-refractivity contribution < 1.29 is 14.3 Å². The molecule has 0 aromatic heterocycles. The lowest BCUT2D eigenvalue weighted by Gasteiger charge is -2.19. The van der Waals surface area contributed by atoms with Crippen LogP contribution in [-0.4, -0.2) is 17.6 Å². The number of carbonyl (C=O) groups excluding carboxylic acids is 1. The van der Waals surface area contributed by atoms with Crippen LogP contribution in [0.15, 0.2) is 42.5 Å². The maximum atomic E-state index is 14.0. The Hall–Kier alpha value is -1.62. The minimum atomic E-state index is -0.963. The molecule has 3 rings (SSSR count). The van der Waals surface area contributed by atoms with Crippen LogP contribution in [0.4, 0.5) is 4.39 Å². The summed E-state index contributed by atoms with van der Waals surface area (Å²) in [6, 6.07) is 11.1. The molecule has 1 aliphatic carbocycles. The fourth-order valence-electron chi connectivity index (χ4n) is 2.83. The van der Waals surface area contributed by atoms with Crippen molar-refractivity contribution in [2.45, 2.75) is 24.4 Å². The Kier molecular flexibility index (Phi) is 4.81. The van der Waals surface area contributed by atoms with Crippen molar-refractivity contribution in [2.24, 2.45) is 0 Å². The van der Waals surface area contributed by atoms with Gasteiger partial charge < -0.3 is 10.4 Å². The van der Waals surface area contributed by atoms with Gasteiger partial charge in [0.05, 0.1) is 11.5 Å². The van der Waals surface area contributed by atoms with E-state index in [4.69, 9.17) is 23.2 Å².